The van der Waals surface area contributed by atoms with Gasteiger partial charge in [0.15, 0.2) is 0 Å². The number of anilines is 2. The molecule has 0 amide bonds. The monoisotopic (exact) mass is 279 g/mol. The number of para-hydroxylation sites is 2. The van der Waals surface area contributed by atoms with E-state index in [1.807, 2.05) is 66.7 Å². The zero-order valence-electron chi connectivity index (χ0n) is 10.9. The fourth-order valence-corrected chi connectivity index (χ4v) is 2.46. The molecule has 0 fully saturated rings. The Bertz CT molecular complexity index is 680. The van der Waals surface area contributed by atoms with Crippen LogP contribution >= 0.6 is 11.8 Å². The average Bonchev–Trinajstić information content (AvgIpc) is 2.56. The first-order valence-electron chi connectivity index (χ1n) is 6.51. The predicted octanol–water partition coefficient (Wildman–Crippen LogP) is 5.65. The lowest BCUT2D eigenvalue weighted by atomic mass is 10.0. The summed E-state index contributed by atoms with van der Waals surface area (Å²) in [7, 11) is 0. The second-order valence-corrected chi connectivity index (χ2v) is 4.84. The van der Waals surface area contributed by atoms with Crippen LogP contribution in [-0.2, 0) is 0 Å². The third-order valence-electron chi connectivity index (χ3n) is 3.18. The van der Waals surface area contributed by atoms with Crippen molar-refractivity contribution in [3.63, 3.8) is 0 Å². The molecule has 20 heavy (non-hydrogen) atoms. The highest BCUT2D eigenvalue weighted by atomic mass is 35.5. The minimum absolute atomic E-state index is 0.956. The standard InChI is InChI=1S/C18H14ClN/c19-20(16-11-5-2-6-12-16)18-14-8-7-13-17(18)15-9-3-1-4-10-15/h1-14H. The van der Waals surface area contributed by atoms with Crippen LogP contribution in [0.5, 0.6) is 0 Å². The Hall–Kier alpha value is -2.25. The summed E-state index contributed by atoms with van der Waals surface area (Å²) in [6.45, 7) is 0. The summed E-state index contributed by atoms with van der Waals surface area (Å²) in [4.78, 5) is 0. The zero-order chi connectivity index (χ0) is 13.8. The van der Waals surface area contributed by atoms with Gasteiger partial charge in [-0.05, 0) is 23.8 Å². The Kier molecular flexibility index (Phi) is 3.71. The van der Waals surface area contributed by atoms with Gasteiger partial charge in [0, 0.05) is 17.3 Å². The van der Waals surface area contributed by atoms with Crippen LogP contribution in [0.25, 0.3) is 11.1 Å². The van der Waals surface area contributed by atoms with Crippen molar-refractivity contribution in [3.05, 3.63) is 84.9 Å². The molecule has 98 valence electrons. The van der Waals surface area contributed by atoms with E-state index in [0.29, 0.717) is 0 Å². The van der Waals surface area contributed by atoms with E-state index in [1.54, 1.807) is 4.42 Å². The van der Waals surface area contributed by atoms with E-state index >= 15 is 0 Å². The highest BCUT2D eigenvalue weighted by Crippen LogP contribution is 2.36. The van der Waals surface area contributed by atoms with Crippen molar-refractivity contribution in [1.82, 2.24) is 0 Å². The molecule has 3 aromatic rings. The topological polar surface area (TPSA) is 3.24 Å². The Labute approximate surface area is 124 Å². The van der Waals surface area contributed by atoms with Crippen molar-refractivity contribution < 1.29 is 0 Å². The highest BCUT2D eigenvalue weighted by Gasteiger charge is 2.11. The molecule has 0 spiro atoms. The van der Waals surface area contributed by atoms with Gasteiger partial charge < -0.3 is 0 Å². The first kappa shape index (κ1) is 12.8. The normalized spacial score (nSPS) is 10.2. The van der Waals surface area contributed by atoms with Crippen molar-refractivity contribution in [2.45, 2.75) is 0 Å². The first-order chi connectivity index (χ1) is 9.86. The van der Waals surface area contributed by atoms with Crippen molar-refractivity contribution in [1.29, 1.82) is 0 Å². The molecule has 0 aliphatic heterocycles. The summed E-state index contributed by atoms with van der Waals surface area (Å²) in [5.74, 6) is 0. The molecule has 0 atom stereocenters. The molecule has 0 radical (unpaired) electrons. The molecule has 3 rings (SSSR count). The van der Waals surface area contributed by atoms with Gasteiger partial charge in [-0.1, -0.05) is 66.7 Å². The van der Waals surface area contributed by atoms with E-state index in [9.17, 15) is 0 Å². The van der Waals surface area contributed by atoms with E-state index in [0.717, 1.165) is 22.5 Å². The molecule has 0 bridgehead atoms. The molecule has 3 aromatic carbocycles. The van der Waals surface area contributed by atoms with Crippen molar-refractivity contribution >= 4 is 23.2 Å². The van der Waals surface area contributed by atoms with Gasteiger partial charge in [-0.15, -0.1) is 0 Å². The maximum Gasteiger partial charge on any atom is 0.0659 e. The van der Waals surface area contributed by atoms with Crippen LogP contribution in [-0.4, -0.2) is 0 Å². The molecule has 0 heterocycles. The predicted molar refractivity (Wildman–Crippen MR) is 86.3 cm³/mol. The van der Waals surface area contributed by atoms with Gasteiger partial charge in [0.2, 0.25) is 0 Å². The number of hydrogen-bond donors (Lipinski definition) is 0. The fourth-order valence-electron chi connectivity index (χ4n) is 2.20. The summed E-state index contributed by atoms with van der Waals surface area (Å²) in [5.41, 5.74) is 4.21. The van der Waals surface area contributed by atoms with Crippen molar-refractivity contribution in [2.75, 3.05) is 4.42 Å². The lowest BCUT2D eigenvalue weighted by molar-refractivity contribution is 1.41. The molecule has 0 saturated carbocycles. The van der Waals surface area contributed by atoms with Gasteiger partial charge in [-0.2, -0.15) is 0 Å². The molecule has 0 unspecified atom stereocenters. The smallest absolute Gasteiger partial charge is 0.0659 e. The van der Waals surface area contributed by atoms with E-state index in [2.05, 4.69) is 18.2 Å². The summed E-state index contributed by atoms with van der Waals surface area (Å²) in [5, 5.41) is 0. The molecule has 0 N–H and O–H groups in total. The van der Waals surface area contributed by atoms with Crippen LogP contribution in [0.2, 0.25) is 0 Å². The van der Waals surface area contributed by atoms with Crippen LogP contribution < -0.4 is 4.42 Å². The largest absolute Gasteiger partial charge is 0.253 e. The molecule has 0 saturated heterocycles. The molecule has 1 nitrogen and oxygen atoms in total. The fraction of sp³-hybridized carbons (Fsp3) is 0. The number of halogens is 1. The third-order valence-corrected chi connectivity index (χ3v) is 3.56. The van der Waals surface area contributed by atoms with E-state index in [4.69, 9.17) is 11.8 Å². The van der Waals surface area contributed by atoms with Gasteiger partial charge in [0.1, 0.15) is 0 Å². The lowest BCUT2D eigenvalue weighted by Gasteiger charge is -2.19. The van der Waals surface area contributed by atoms with Crippen molar-refractivity contribution in [2.24, 2.45) is 0 Å². The van der Waals surface area contributed by atoms with Crippen LogP contribution in [0.4, 0.5) is 11.4 Å². The van der Waals surface area contributed by atoms with Gasteiger partial charge in [0.25, 0.3) is 0 Å². The second-order valence-electron chi connectivity index (χ2n) is 4.50. The maximum absolute atomic E-state index is 6.52. The molecular weight excluding hydrogens is 266 g/mol. The molecule has 2 heteroatoms. The Balaban J connectivity index is 2.07. The van der Waals surface area contributed by atoms with Gasteiger partial charge in [-0.25, -0.2) is 0 Å². The van der Waals surface area contributed by atoms with Gasteiger partial charge >= 0.3 is 0 Å². The number of hydrogen-bond acceptors (Lipinski definition) is 1. The van der Waals surface area contributed by atoms with Crippen LogP contribution in [0.3, 0.4) is 0 Å². The van der Waals surface area contributed by atoms with Crippen LogP contribution in [0.15, 0.2) is 84.9 Å². The number of nitrogens with zero attached hydrogens (tertiary/aromatic N) is 1. The Morgan fingerprint density at radius 2 is 1.15 bits per heavy atom. The van der Waals surface area contributed by atoms with E-state index in [-0.39, 0.29) is 0 Å². The SMILES string of the molecule is ClN(c1ccccc1)c1ccccc1-c1ccccc1. The van der Waals surface area contributed by atoms with Gasteiger partial charge in [-0.3, -0.25) is 4.42 Å². The lowest BCUT2D eigenvalue weighted by Crippen LogP contribution is -2.03. The summed E-state index contributed by atoms with van der Waals surface area (Å²) >= 11 is 6.52. The average molecular weight is 280 g/mol. The van der Waals surface area contributed by atoms with Gasteiger partial charge in [0.05, 0.1) is 11.4 Å². The quantitative estimate of drug-likeness (QED) is 0.560. The highest BCUT2D eigenvalue weighted by molar-refractivity contribution is 6.30. The van der Waals surface area contributed by atoms with Crippen LogP contribution in [0, 0.1) is 0 Å². The number of rotatable bonds is 3. The minimum atomic E-state index is 0.956. The summed E-state index contributed by atoms with van der Waals surface area (Å²) in [6.07, 6.45) is 0. The minimum Gasteiger partial charge on any atom is -0.253 e. The Morgan fingerprint density at radius 1 is 0.600 bits per heavy atom. The second kappa shape index (κ2) is 5.81. The summed E-state index contributed by atoms with van der Waals surface area (Å²) < 4.78 is 1.70. The number of benzene rings is 3. The summed E-state index contributed by atoms with van der Waals surface area (Å²) in [6, 6.07) is 28.4. The van der Waals surface area contributed by atoms with Crippen molar-refractivity contribution in [3.8, 4) is 11.1 Å². The first-order valence-corrected chi connectivity index (χ1v) is 6.85. The molecular formula is C18H14ClN. The third kappa shape index (κ3) is 2.54. The van der Waals surface area contributed by atoms with E-state index in [1.165, 1.54) is 0 Å². The Morgan fingerprint density at radius 3 is 1.85 bits per heavy atom. The zero-order valence-corrected chi connectivity index (χ0v) is 11.7. The maximum atomic E-state index is 6.52. The molecule has 0 aliphatic rings. The van der Waals surface area contributed by atoms with Crippen LogP contribution in [0.1, 0.15) is 0 Å². The van der Waals surface area contributed by atoms with E-state index < -0.39 is 0 Å². The molecule has 0 aromatic heterocycles. The molecule has 0 aliphatic carbocycles.